The van der Waals surface area contributed by atoms with Gasteiger partial charge in [-0.2, -0.15) is 0 Å². The molecule has 0 bridgehead atoms. The minimum atomic E-state index is -0.303. The van der Waals surface area contributed by atoms with Crippen LogP contribution in [0.5, 0.6) is 11.5 Å². The van der Waals surface area contributed by atoms with Crippen molar-refractivity contribution in [1.29, 1.82) is 0 Å². The van der Waals surface area contributed by atoms with Crippen LogP contribution in [0.1, 0.15) is 22.5 Å². The Hall–Kier alpha value is -4.57. The number of aromatic amines is 1. The maximum Gasteiger partial charge on any atom is 0.252 e. The standard InChI is InChI=1S/C28H27FN6O3/c1-37-25-13-21-12-22(28(36)30-24(21)14-26(25)38-2)17-34(15-20-8-10-23(29)11-9-20)18-27-31-32-33-35(27)16-19-6-4-3-5-7-19/h3-14H,15-18H2,1-2H3,(H,30,36). The van der Waals surface area contributed by atoms with Gasteiger partial charge < -0.3 is 14.5 Å². The average Bonchev–Trinajstić information content (AvgIpc) is 3.36. The third-order valence-corrected chi connectivity index (χ3v) is 6.28. The molecule has 3 aromatic carbocycles. The molecule has 0 fully saturated rings. The Kier molecular flexibility index (Phi) is 7.41. The van der Waals surface area contributed by atoms with Gasteiger partial charge in [0, 0.05) is 30.1 Å². The van der Waals surface area contributed by atoms with Crippen LogP contribution in [0.25, 0.3) is 10.9 Å². The van der Waals surface area contributed by atoms with E-state index in [0.29, 0.717) is 54.6 Å². The van der Waals surface area contributed by atoms with E-state index in [1.807, 2.05) is 42.5 Å². The first-order valence-corrected chi connectivity index (χ1v) is 12.1. The second kappa shape index (κ2) is 11.2. The number of halogens is 1. The Labute approximate surface area is 218 Å². The highest BCUT2D eigenvalue weighted by Crippen LogP contribution is 2.31. The molecular weight excluding hydrogens is 487 g/mol. The molecule has 0 aliphatic carbocycles. The molecular formula is C28H27FN6O3. The Bertz CT molecular complexity index is 1580. The fourth-order valence-corrected chi connectivity index (χ4v) is 4.37. The number of pyridine rings is 1. The van der Waals surface area contributed by atoms with Gasteiger partial charge in [0.15, 0.2) is 17.3 Å². The van der Waals surface area contributed by atoms with E-state index in [9.17, 15) is 9.18 Å². The molecule has 0 spiro atoms. The summed E-state index contributed by atoms with van der Waals surface area (Å²) in [4.78, 5) is 18.1. The Balaban J connectivity index is 1.46. The van der Waals surface area contributed by atoms with Crippen molar-refractivity contribution in [3.8, 4) is 11.5 Å². The van der Waals surface area contributed by atoms with Crippen LogP contribution < -0.4 is 15.0 Å². The van der Waals surface area contributed by atoms with Gasteiger partial charge in [-0.3, -0.25) is 9.69 Å². The number of hydrogen-bond acceptors (Lipinski definition) is 7. The summed E-state index contributed by atoms with van der Waals surface area (Å²) in [5.74, 6) is 1.45. The Morgan fingerprint density at radius 1 is 0.895 bits per heavy atom. The Morgan fingerprint density at radius 3 is 2.37 bits per heavy atom. The molecule has 10 heteroatoms. The lowest BCUT2D eigenvalue weighted by atomic mass is 10.1. The molecule has 0 atom stereocenters. The number of benzene rings is 3. The fraction of sp³-hybridized carbons (Fsp3) is 0.214. The highest BCUT2D eigenvalue weighted by atomic mass is 19.1. The lowest BCUT2D eigenvalue weighted by Crippen LogP contribution is -2.28. The smallest absolute Gasteiger partial charge is 0.252 e. The molecule has 2 heterocycles. The first-order chi connectivity index (χ1) is 18.5. The molecule has 5 rings (SSSR count). The maximum atomic E-state index is 13.5. The maximum absolute atomic E-state index is 13.5. The summed E-state index contributed by atoms with van der Waals surface area (Å²) >= 11 is 0. The highest BCUT2D eigenvalue weighted by Gasteiger charge is 2.17. The van der Waals surface area contributed by atoms with E-state index < -0.39 is 0 Å². The van der Waals surface area contributed by atoms with Crippen molar-refractivity contribution in [2.75, 3.05) is 14.2 Å². The quantitative estimate of drug-likeness (QED) is 0.302. The van der Waals surface area contributed by atoms with Crippen LogP contribution >= 0.6 is 0 Å². The molecule has 38 heavy (non-hydrogen) atoms. The zero-order valence-electron chi connectivity index (χ0n) is 21.1. The zero-order valence-corrected chi connectivity index (χ0v) is 21.1. The predicted octanol–water partition coefficient (Wildman–Crippen LogP) is 3.92. The summed E-state index contributed by atoms with van der Waals surface area (Å²) in [7, 11) is 3.12. The molecule has 0 unspecified atom stereocenters. The summed E-state index contributed by atoms with van der Waals surface area (Å²) in [6.07, 6.45) is 0. The van der Waals surface area contributed by atoms with Gasteiger partial charge in [-0.1, -0.05) is 42.5 Å². The van der Waals surface area contributed by atoms with E-state index in [-0.39, 0.29) is 11.4 Å². The highest BCUT2D eigenvalue weighted by molar-refractivity contribution is 5.83. The topological polar surface area (TPSA) is 98.2 Å². The molecule has 0 saturated heterocycles. The van der Waals surface area contributed by atoms with Gasteiger partial charge in [0.05, 0.1) is 32.8 Å². The molecule has 9 nitrogen and oxygen atoms in total. The number of hydrogen-bond donors (Lipinski definition) is 1. The van der Waals surface area contributed by atoms with Crippen molar-refractivity contribution < 1.29 is 13.9 Å². The van der Waals surface area contributed by atoms with Crippen LogP contribution in [0.4, 0.5) is 4.39 Å². The van der Waals surface area contributed by atoms with Crippen molar-refractivity contribution in [2.45, 2.75) is 26.2 Å². The molecule has 0 saturated carbocycles. The van der Waals surface area contributed by atoms with E-state index >= 15 is 0 Å². The average molecular weight is 515 g/mol. The lowest BCUT2D eigenvalue weighted by Gasteiger charge is -2.22. The number of rotatable bonds is 10. The van der Waals surface area contributed by atoms with Crippen molar-refractivity contribution >= 4 is 10.9 Å². The second-order valence-electron chi connectivity index (χ2n) is 8.93. The number of aromatic nitrogens is 5. The largest absolute Gasteiger partial charge is 0.493 e. The number of ether oxygens (including phenoxy) is 2. The van der Waals surface area contributed by atoms with Crippen LogP contribution in [0, 0.1) is 5.82 Å². The van der Waals surface area contributed by atoms with Crippen LogP contribution in [0.3, 0.4) is 0 Å². The molecule has 0 amide bonds. The van der Waals surface area contributed by atoms with E-state index in [1.165, 1.54) is 12.1 Å². The third-order valence-electron chi connectivity index (χ3n) is 6.28. The molecule has 1 N–H and O–H groups in total. The van der Waals surface area contributed by atoms with Crippen molar-refractivity contribution in [3.05, 3.63) is 111 Å². The van der Waals surface area contributed by atoms with Crippen LogP contribution in [-0.4, -0.2) is 44.3 Å². The molecule has 5 aromatic rings. The van der Waals surface area contributed by atoms with Crippen LogP contribution in [0.15, 0.2) is 77.6 Å². The van der Waals surface area contributed by atoms with Gasteiger partial charge in [0.1, 0.15) is 5.82 Å². The summed E-state index contributed by atoms with van der Waals surface area (Å²) in [6.45, 7) is 1.67. The predicted molar refractivity (Wildman–Crippen MR) is 140 cm³/mol. The molecule has 194 valence electrons. The third kappa shape index (κ3) is 5.70. The first kappa shape index (κ1) is 25.1. The first-order valence-electron chi connectivity index (χ1n) is 12.1. The van der Waals surface area contributed by atoms with Crippen LogP contribution in [-0.2, 0) is 26.2 Å². The van der Waals surface area contributed by atoms with Crippen molar-refractivity contribution in [1.82, 2.24) is 30.1 Å². The Morgan fingerprint density at radius 2 is 1.63 bits per heavy atom. The number of methoxy groups -OCH3 is 2. The number of nitrogens with one attached hydrogen (secondary N) is 1. The van der Waals surface area contributed by atoms with Crippen molar-refractivity contribution in [2.24, 2.45) is 0 Å². The summed E-state index contributed by atoms with van der Waals surface area (Å²) in [5.41, 5.74) is 2.97. The normalized spacial score (nSPS) is 11.3. The zero-order chi connectivity index (χ0) is 26.5. The number of nitrogens with zero attached hydrogens (tertiary/aromatic N) is 5. The summed E-state index contributed by atoms with van der Waals surface area (Å²) in [5, 5.41) is 13.1. The van der Waals surface area contributed by atoms with E-state index in [1.54, 1.807) is 37.1 Å². The van der Waals surface area contributed by atoms with Gasteiger partial charge >= 0.3 is 0 Å². The molecule has 0 aliphatic heterocycles. The van der Waals surface area contributed by atoms with Gasteiger partial charge in [0.2, 0.25) is 0 Å². The molecule has 0 aliphatic rings. The molecule has 2 aromatic heterocycles. The number of fused-ring (bicyclic) bond motifs is 1. The number of tetrazole rings is 1. The van der Waals surface area contributed by atoms with Crippen LogP contribution in [0.2, 0.25) is 0 Å². The second-order valence-corrected chi connectivity index (χ2v) is 8.93. The monoisotopic (exact) mass is 514 g/mol. The van der Waals surface area contributed by atoms with E-state index in [0.717, 1.165) is 16.5 Å². The minimum Gasteiger partial charge on any atom is -0.493 e. The fourth-order valence-electron chi connectivity index (χ4n) is 4.37. The SMILES string of the molecule is COc1cc2cc(CN(Cc3ccc(F)cc3)Cc3nnnn3Cc3ccccc3)c(=O)[nH]c2cc1OC. The van der Waals surface area contributed by atoms with E-state index in [2.05, 4.69) is 25.4 Å². The molecule has 0 radical (unpaired) electrons. The van der Waals surface area contributed by atoms with Gasteiger partial charge in [0.25, 0.3) is 5.56 Å². The van der Waals surface area contributed by atoms with Crippen molar-refractivity contribution in [3.63, 3.8) is 0 Å². The minimum absolute atomic E-state index is 0.210. The summed E-state index contributed by atoms with van der Waals surface area (Å²) < 4.78 is 26.1. The van der Waals surface area contributed by atoms with Gasteiger partial charge in [-0.15, -0.1) is 5.10 Å². The number of H-pyrrole nitrogens is 1. The van der Waals surface area contributed by atoms with Gasteiger partial charge in [-0.05, 0) is 45.8 Å². The van der Waals surface area contributed by atoms with E-state index in [4.69, 9.17) is 9.47 Å². The lowest BCUT2D eigenvalue weighted by molar-refractivity contribution is 0.236. The summed E-state index contributed by atoms with van der Waals surface area (Å²) in [6, 6.07) is 21.7. The van der Waals surface area contributed by atoms with Gasteiger partial charge in [-0.25, -0.2) is 9.07 Å².